The smallest absolute Gasteiger partial charge is 0.303 e. The van der Waals surface area contributed by atoms with Crippen molar-refractivity contribution in [2.24, 2.45) is 11.8 Å². The van der Waals surface area contributed by atoms with E-state index in [-0.39, 0.29) is 0 Å². The van der Waals surface area contributed by atoms with Crippen LogP contribution in [0.3, 0.4) is 0 Å². The van der Waals surface area contributed by atoms with Crippen molar-refractivity contribution >= 4 is 5.97 Å². The summed E-state index contributed by atoms with van der Waals surface area (Å²) >= 11 is 0. The van der Waals surface area contributed by atoms with Gasteiger partial charge >= 0.3 is 5.97 Å². The summed E-state index contributed by atoms with van der Waals surface area (Å²) in [4.78, 5) is 10.4. The first kappa shape index (κ1) is 21.5. The number of carboxylic acid groups (broad SMARTS) is 1. The summed E-state index contributed by atoms with van der Waals surface area (Å²) in [6.07, 6.45) is 23.6. The molecule has 0 bridgehead atoms. The average Bonchev–Trinajstić information content (AvgIpc) is 3.00. The van der Waals surface area contributed by atoms with Crippen LogP contribution in [0, 0.1) is 11.8 Å². The fourth-order valence-electron chi connectivity index (χ4n) is 4.45. The summed E-state index contributed by atoms with van der Waals surface area (Å²) in [6, 6.07) is 0. The van der Waals surface area contributed by atoms with Gasteiger partial charge in [0.2, 0.25) is 0 Å². The molecule has 0 spiro atoms. The van der Waals surface area contributed by atoms with E-state index >= 15 is 0 Å². The minimum Gasteiger partial charge on any atom is -0.481 e. The molecule has 0 radical (unpaired) electrons. The number of hydrogen-bond acceptors (Lipinski definition) is 1. The van der Waals surface area contributed by atoms with Gasteiger partial charge in [0.25, 0.3) is 0 Å². The molecule has 0 saturated heterocycles. The summed E-state index contributed by atoms with van der Waals surface area (Å²) in [5.41, 5.74) is 0. The van der Waals surface area contributed by atoms with E-state index in [1.165, 1.54) is 96.3 Å². The topological polar surface area (TPSA) is 37.3 Å². The van der Waals surface area contributed by atoms with E-state index in [1.807, 2.05) is 0 Å². The molecule has 2 unspecified atom stereocenters. The molecule has 2 heteroatoms. The van der Waals surface area contributed by atoms with Crippen LogP contribution in [0.15, 0.2) is 0 Å². The van der Waals surface area contributed by atoms with Crippen LogP contribution in [0.2, 0.25) is 0 Å². The van der Waals surface area contributed by atoms with E-state index in [0.29, 0.717) is 6.42 Å². The highest BCUT2D eigenvalue weighted by atomic mass is 16.4. The number of hydrogen-bond donors (Lipinski definition) is 1. The number of rotatable bonds is 16. The Morgan fingerprint density at radius 2 is 1.21 bits per heavy atom. The van der Waals surface area contributed by atoms with E-state index in [1.54, 1.807) is 0 Å². The zero-order valence-corrected chi connectivity index (χ0v) is 16.2. The first-order valence-corrected chi connectivity index (χ1v) is 11.0. The maximum Gasteiger partial charge on any atom is 0.303 e. The van der Waals surface area contributed by atoms with Crippen LogP contribution in [0.5, 0.6) is 0 Å². The van der Waals surface area contributed by atoms with Gasteiger partial charge in [0.1, 0.15) is 0 Å². The van der Waals surface area contributed by atoms with Gasteiger partial charge < -0.3 is 5.11 Å². The maximum absolute atomic E-state index is 10.4. The van der Waals surface area contributed by atoms with E-state index in [2.05, 4.69) is 6.92 Å². The molecule has 0 aliphatic heterocycles. The van der Waals surface area contributed by atoms with Crippen molar-refractivity contribution in [1.29, 1.82) is 0 Å². The average molecular weight is 339 g/mol. The van der Waals surface area contributed by atoms with Crippen LogP contribution in [-0.2, 0) is 4.79 Å². The molecule has 1 saturated carbocycles. The van der Waals surface area contributed by atoms with E-state index in [4.69, 9.17) is 5.11 Å². The fraction of sp³-hybridized carbons (Fsp3) is 0.955. The molecule has 0 aromatic rings. The van der Waals surface area contributed by atoms with Gasteiger partial charge in [-0.2, -0.15) is 0 Å². The number of aliphatic carboxylic acids is 1. The predicted molar refractivity (Wildman–Crippen MR) is 103 cm³/mol. The summed E-state index contributed by atoms with van der Waals surface area (Å²) in [5, 5.41) is 8.59. The van der Waals surface area contributed by atoms with Crippen LogP contribution < -0.4 is 0 Å². The van der Waals surface area contributed by atoms with Gasteiger partial charge in [-0.25, -0.2) is 0 Å². The zero-order valence-electron chi connectivity index (χ0n) is 16.2. The monoisotopic (exact) mass is 338 g/mol. The third-order valence-electron chi connectivity index (χ3n) is 5.96. The summed E-state index contributed by atoms with van der Waals surface area (Å²) in [6.45, 7) is 2.30. The molecule has 0 amide bonds. The Bertz CT molecular complexity index is 300. The van der Waals surface area contributed by atoms with Crippen LogP contribution in [-0.4, -0.2) is 11.1 Å². The molecular formula is C22H42O2. The van der Waals surface area contributed by atoms with Crippen molar-refractivity contribution in [1.82, 2.24) is 0 Å². The molecule has 0 aromatic carbocycles. The van der Waals surface area contributed by atoms with Crippen molar-refractivity contribution in [3.8, 4) is 0 Å². The van der Waals surface area contributed by atoms with Gasteiger partial charge in [0.05, 0.1) is 0 Å². The first-order chi connectivity index (χ1) is 11.7. The largest absolute Gasteiger partial charge is 0.481 e. The Balaban J connectivity index is 1.90. The number of carbonyl (C=O) groups is 1. The Kier molecular flexibility index (Phi) is 13.3. The van der Waals surface area contributed by atoms with Gasteiger partial charge in [-0.05, 0) is 18.3 Å². The molecule has 1 aliphatic carbocycles. The molecule has 1 N–H and O–H groups in total. The molecule has 0 aromatic heterocycles. The lowest BCUT2D eigenvalue weighted by Crippen LogP contribution is -2.08. The van der Waals surface area contributed by atoms with Gasteiger partial charge in [-0.1, -0.05) is 110 Å². The minimum absolute atomic E-state index is 0.348. The van der Waals surface area contributed by atoms with Gasteiger partial charge in [0.15, 0.2) is 0 Å². The number of unbranched alkanes of at least 4 members (excludes halogenated alkanes) is 10. The zero-order chi connectivity index (χ0) is 17.5. The number of carboxylic acids is 1. The van der Waals surface area contributed by atoms with Crippen LogP contribution in [0.4, 0.5) is 0 Å². The van der Waals surface area contributed by atoms with E-state index in [9.17, 15) is 4.79 Å². The van der Waals surface area contributed by atoms with E-state index < -0.39 is 5.97 Å². The van der Waals surface area contributed by atoms with Crippen molar-refractivity contribution in [2.45, 2.75) is 122 Å². The molecule has 1 rings (SSSR count). The molecule has 142 valence electrons. The lowest BCUT2D eigenvalue weighted by atomic mass is 9.87. The summed E-state index contributed by atoms with van der Waals surface area (Å²) in [7, 11) is 0. The standard InChI is InChI=1S/C22H42O2/c1-2-3-4-11-15-20-17-14-18-21(20)16-12-9-7-5-6-8-10-13-19-22(23)24/h20-21H,2-19H2,1H3,(H,23,24). The second-order valence-electron chi connectivity index (χ2n) is 8.06. The quantitative estimate of drug-likeness (QED) is 0.298. The lowest BCUT2D eigenvalue weighted by molar-refractivity contribution is -0.137. The first-order valence-electron chi connectivity index (χ1n) is 11.0. The Morgan fingerprint density at radius 3 is 1.71 bits per heavy atom. The van der Waals surface area contributed by atoms with Crippen LogP contribution in [0.25, 0.3) is 0 Å². The summed E-state index contributed by atoms with van der Waals surface area (Å²) < 4.78 is 0. The van der Waals surface area contributed by atoms with Gasteiger partial charge in [-0.15, -0.1) is 0 Å². The molecule has 1 fully saturated rings. The van der Waals surface area contributed by atoms with Crippen molar-refractivity contribution in [2.75, 3.05) is 0 Å². The van der Waals surface area contributed by atoms with E-state index in [0.717, 1.165) is 24.7 Å². The predicted octanol–water partition coefficient (Wildman–Crippen LogP) is 7.36. The van der Waals surface area contributed by atoms with Crippen molar-refractivity contribution < 1.29 is 9.90 Å². The SMILES string of the molecule is CCCCCCC1CCCC1CCCCCCCCCCC(=O)O. The lowest BCUT2D eigenvalue weighted by Gasteiger charge is -2.19. The second-order valence-corrected chi connectivity index (χ2v) is 8.06. The van der Waals surface area contributed by atoms with Crippen molar-refractivity contribution in [3.05, 3.63) is 0 Å². The highest BCUT2D eigenvalue weighted by molar-refractivity contribution is 5.66. The van der Waals surface area contributed by atoms with Gasteiger partial charge in [-0.3, -0.25) is 4.79 Å². The second kappa shape index (κ2) is 14.8. The van der Waals surface area contributed by atoms with Crippen molar-refractivity contribution in [3.63, 3.8) is 0 Å². The van der Waals surface area contributed by atoms with Crippen LogP contribution in [0.1, 0.15) is 122 Å². The molecule has 1 aliphatic rings. The Labute approximate surface area is 150 Å². The third-order valence-corrected chi connectivity index (χ3v) is 5.96. The fourth-order valence-corrected chi connectivity index (χ4v) is 4.45. The highest BCUT2D eigenvalue weighted by Gasteiger charge is 2.25. The highest BCUT2D eigenvalue weighted by Crippen LogP contribution is 2.38. The summed E-state index contributed by atoms with van der Waals surface area (Å²) in [5.74, 6) is 1.45. The Morgan fingerprint density at radius 1 is 0.750 bits per heavy atom. The third kappa shape index (κ3) is 11.1. The molecule has 0 heterocycles. The Hall–Kier alpha value is -0.530. The van der Waals surface area contributed by atoms with Gasteiger partial charge in [0, 0.05) is 6.42 Å². The molecule has 24 heavy (non-hydrogen) atoms. The maximum atomic E-state index is 10.4. The molecule has 2 nitrogen and oxygen atoms in total. The molecular weight excluding hydrogens is 296 g/mol. The normalized spacial score (nSPS) is 20.5. The molecule has 2 atom stereocenters. The minimum atomic E-state index is -0.648. The van der Waals surface area contributed by atoms with Crippen LogP contribution >= 0.6 is 0 Å².